The monoisotopic (exact) mass is 313 g/mol. The second-order valence-electron chi connectivity index (χ2n) is 6.33. The molecular formula is C23H23N. The number of hydrogen-bond acceptors (Lipinski definition) is 1. The van der Waals surface area contributed by atoms with Crippen LogP contribution in [0.2, 0.25) is 0 Å². The van der Waals surface area contributed by atoms with Gasteiger partial charge in [-0.05, 0) is 43.0 Å². The van der Waals surface area contributed by atoms with Gasteiger partial charge in [0, 0.05) is 6.42 Å². The molecule has 0 atom stereocenters. The smallest absolute Gasteiger partial charge is 0.0691 e. The molecule has 1 nitrogen and oxygen atoms in total. The van der Waals surface area contributed by atoms with Crippen molar-refractivity contribution in [2.24, 2.45) is 4.99 Å². The third-order valence-electron chi connectivity index (χ3n) is 4.20. The Kier molecular flexibility index (Phi) is 4.90. The molecule has 0 saturated heterocycles. The van der Waals surface area contributed by atoms with Crippen molar-refractivity contribution in [2.45, 2.75) is 27.2 Å². The zero-order valence-corrected chi connectivity index (χ0v) is 14.6. The number of hydrogen-bond donors (Lipinski definition) is 0. The summed E-state index contributed by atoms with van der Waals surface area (Å²) in [7, 11) is 0. The quantitative estimate of drug-likeness (QED) is 0.526. The van der Waals surface area contributed by atoms with E-state index in [0.717, 1.165) is 17.8 Å². The summed E-state index contributed by atoms with van der Waals surface area (Å²) in [4.78, 5) is 5.08. The van der Waals surface area contributed by atoms with E-state index in [1.165, 1.54) is 27.8 Å². The van der Waals surface area contributed by atoms with Crippen molar-refractivity contribution in [1.82, 2.24) is 0 Å². The third-order valence-corrected chi connectivity index (χ3v) is 4.20. The first-order chi connectivity index (χ1) is 11.6. The van der Waals surface area contributed by atoms with Crippen LogP contribution in [0.15, 0.2) is 77.8 Å². The number of benzene rings is 3. The molecule has 0 fully saturated rings. The molecule has 0 heterocycles. The minimum Gasteiger partial charge on any atom is -0.252 e. The summed E-state index contributed by atoms with van der Waals surface area (Å²) < 4.78 is 0. The molecule has 0 N–H and O–H groups in total. The van der Waals surface area contributed by atoms with Gasteiger partial charge in [-0.15, -0.1) is 0 Å². The number of nitrogens with zero attached hydrogens (tertiary/aromatic N) is 1. The highest BCUT2D eigenvalue weighted by Gasteiger charge is 2.08. The molecule has 0 radical (unpaired) electrons. The Hall–Kier alpha value is -2.67. The molecule has 120 valence electrons. The number of aliphatic imine (C=N–C) groups is 1. The van der Waals surface area contributed by atoms with Gasteiger partial charge in [-0.25, -0.2) is 0 Å². The lowest BCUT2D eigenvalue weighted by Gasteiger charge is -2.12. The minimum absolute atomic E-state index is 0.831. The maximum absolute atomic E-state index is 5.08. The van der Waals surface area contributed by atoms with Gasteiger partial charge in [0.1, 0.15) is 0 Å². The van der Waals surface area contributed by atoms with Crippen LogP contribution in [0.3, 0.4) is 0 Å². The second kappa shape index (κ2) is 7.27. The van der Waals surface area contributed by atoms with Crippen molar-refractivity contribution in [1.29, 1.82) is 0 Å². The molecule has 3 aromatic carbocycles. The number of rotatable bonds is 4. The van der Waals surface area contributed by atoms with Crippen molar-refractivity contribution < 1.29 is 0 Å². The van der Waals surface area contributed by atoms with Gasteiger partial charge in [0.2, 0.25) is 0 Å². The van der Waals surface area contributed by atoms with Gasteiger partial charge in [0.25, 0.3) is 0 Å². The molecule has 0 aromatic heterocycles. The van der Waals surface area contributed by atoms with E-state index < -0.39 is 0 Å². The molecule has 0 aliphatic rings. The largest absolute Gasteiger partial charge is 0.252 e. The van der Waals surface area contributed by atoms with Gasteiger partial charge >= 0.3 is 0 Å². The average Bonchev–Trinajstić information content (AvgIpc) is 2.58. The fraction of sp³-hybridized carbons (Fsp3) is 0.174. The Morgan fingerprint density at radius 1 is 0.750 bits per heavy atom. The van der Waals surface area contributed by atoms with Crippen LogP contribution in [-0.4, -0.2) is 5.71 Å². The van der Waals surface area contributed by atoms with E-state index in [-0.39, 0.29) is 0 Å². The Bertz CT molecular complexity index is 823. The summed E-state index contributed by atoms with van der Waals surface area (Å²) in [6, 6.07) is 25.4. The van der Waals surface area contributed by atoms with Gasteiger partial charge in [0.05, 0.1) is 11.4 Å². The molecule has 0 aliphatic heterocycles. The Morgan fingerprint density at radius 2 is 1.29 bits per heavy atom. The van der Waals surface area contributed by atoms with E-state index in [1.54, 1.807) is 0 Å². The normalized spacial score (nSPS) is 11.5. The molecule has 0 saturated carbocycles. The maximum Gasteiger partial charge on any atom is 0.0691 e. The third kappa shape index (κ3) is 3.80. The summed E-state index contributed by atoms with van der Waals surface area (Å²) in [6.07, 6.45) is 0.831. The summed E-state index contributed by atoms with van der Waals surface area (Å²) in [5, 5.41) is 0. The first-order valence-corrected chi connectivity index (χ1v) is 8.38. The van der Waals surface area contributed by atoms with Crippen LogP contribution < -0.4 is 0 Å². The van der Waals surface area contributed by atoms with Crippen molar-refractivity contribution in [3.05, 3.63) is 101 Å². The Labute approximate surface area is 144 Å². The zero-order valence-electron chi connectivity index (χ0n) is 14.6. The Balaban J connectivity index is 2.08. The second-order valence-corrected chi connectivity index (χ2v) is 6.33. The first kappa shape index (κ1) is 16.2. The van der Waals surface area contributed by atoms with Crippen LogP contribution in [0.5, 0.6) is 0 Å². The van der Waals surface area contributed by atoms with Crippen LogP contribution in [0.25, 0.3) is 0 Å². The summed E-state index contributed by atoms with van der Waals surface area (Å²) in [5.74, 6) is 0. The molecule has 0 bridgehead atoms. The first-order valence-electron chi connectivity index (χ1n) is 8.38. The molecule has 0 unspecified atom stereocenters. The van der Waals surface area contributed by atoms with Gasteiger partial charge in [-0.1, -0.05) is 78.4 Å². The fourth-order valence-corrected chi connectivity index (χ4v) is 3.11. The molecule has 0 spiro atoms. The Morgan fingerprint density at radius 3 is 1.88 bits per heavy atom. The van der Waals surface area contributed by atoms with Crippen molar-refractivity contribution in [3.63, 3.8) is 0 Å². The SMILES string of the molecule is Cc1cc(C)c(N=C(Cc2ccccc2)c2ccccc2)c(C)c1. The maximum atomic E-state index is 5.08. The summed E-state index contributed by atoms with van der Waals surface area (Å²) >= 11 is 0. The van der Waals surface area contributed by atoms with E-state index >= 15 is 0 Å². The van der Waals surface area contributed by atoms with E-state index in [4.69, 9.17) is 4.99 Å². The highest BCUT2D eigenvalue weighted by atomic mass is 14.8. The van der Waals surface area contributed by atoms with Gasteiger partial charge in [0.15, 0.2) is 0 Å². The van der Waals surface area contributed by atoms with E-state index in [0.29, 0.717) is 0 Å². The summed E-state index contributed by atoms with van der Waals surface area (Å²) in [5.41, 5.74) is 8.41. The molecule has 3 rings (SSSR count). The van der Waals surface area contributed by atoms with E-state index in [1.807, 2.05) is 6.07 Å². The van der Waals surface area contributed by atoms with Gasteiger partial charge in [-0.3, -0.25) is 4.99 Å². The lowest BCUT2D eigenvalue weighted by molar-refractivity contribution is 1.25. The van der Waals surface area contributed by atoms with Gasteiger partial charge < -0.3 is 0 Å². The molecule has 24 heavy (non-hydrogen) atoms. The topological polar surface area (TPSA) is 12.4 Å². The fourth-order valence-electron chi connectivity index (χ4n) is 3.11. The molecule has 3 aromatic rings. The van der Waals surface area contributed by atoms with Crippen LogP contribution in [-0.2, 0) is 6.42 Å². The number of aryl methyl sites for hydroxylation is 3. The lowest BCUT2D eigenvalue weighted by Crippen LogP contribution is -2.05. The van der Waals surface area contributed by atoms with Crippen molar-refractivity contribution >= 4 is 11.4 Å². The van der Waals surface area contributed by atoms with Crippen LogP contribution >= 0.6 is 0 Å². The highest BCUT2D eigenvalue weighted by Crippen LogP contribution is 2.26. The van der Waals surface area contributed by atoms with E-state index in [2.05, 4.69) is 87.5 Å². The molecule has 0 amide bonds. The zero-order chi connectivity index (χ0) is 16.9. The lowest BCUT2D eigenvalue weighted by atomic mass is 10.0. The molecule has 1 heteroatoms. The predicted molar refractivity (Wildman–Crippen MR) is 103 cm³/mol. The molecule has 0 aliphatic carbocycles. The predicted octanol–water partition coefficient (Wildman–Crippen LogP) is 5.98. The van der Waals surface area contributed by atoms with Crippen LogP contribution in [0.1, 0.15) is 27.8 Å². The average molecular weight is 313 g/mol. The summed E-state index contributed by atoms with van der Waals surface area (Å²) in [6.45, 7) is 6.42. The van der Waals surface area contributed by atoms with Crippen molar-refractivity contribution in [2.75, 3.05) is 0 Å². The highest BCUT2D eigenvalue weighted by molar-refractivity contribution is 6.03. The minimum atomic E-state index is 0.831. The van der Waals surface area contributed by atoms with Crippen molar-refractivity contribution in [3.8, 4) is 0 Å². The molecular weight excluding hydrogens is 290 g/mol. The van der Waals surface area contributed by atoms with E-state index in [9.17, 15) is 0 Å². The van der Waals surface area contributed by atoms with Crippen LogP contribution in [0.4, 0.5) is 5.69 Å². The standard InChI is InChI=1S/C23H23N/c1-17-14-18(2)23(19(3)15-17)24-22(21-12-8-5-9-13-21)16-20-10-6-4-7-11-20/h4-15H,16H2,1-3H3. The van der Waals surface area contributed by atoms with Gasteiger partial charge in [-0.2, -0.15) is 0 Å². The van der Waals surface area contributed by atoms with Crippen LogP contribution in [0, 0.1) is 20.8 Å².